The van der Waals surface area contributed by atoms with Gasteiger partial charge in [0.1, 0.15) is 29.5 Å². The summed E-state index contributed by atoms with van der Waals surface area (Å²) >= 11 is 6.31. The Balaban J connectivity index is 1.71. The molecule has 0 radical (unpaired) electrons. The lowest BCUT2D eigenvalue weighted by molar-refractivity contribution is -0.0393. The molecule has 152 valence electrons. The molecule has 1 fully saturated rings. The Morgan fingerprint density at radius 2 is 2.00 bits per heavy atom. The Labute approximate surface area is 178 Å². The maximum absolute atomic E-state index is 6.31. The van der Waals surface area contributed by atoms with Crippen molar-refractivity contribution in [3.8, 4) is 28.3 Å². The molecule has 1 aliphatic rings. The van der Waals surface area contributed by atoms with Gasteiger partial charge in [0.2, 0.25) is 0 Å². The van der Waals surface area contributed by atoms with Crippen LogP contribution in [0, 0.1) is 0 Å². The average molecular weight is 422 g/mol. The lowest BCUT2D eigenvalue weighted by atomic mass is 10.0. The third-order valence-electron chi connectivity index (χ3n) is 5.24. The molecule has 3 aromatic heterocycles. The van der Waals surface area contributed by atoms with E-state index in [1.54, 1.807) is 13.2 Å². The van der Waals surface area contributed by atoms with Crippen LogP contribution in [-0.2, 0) is 4.74 Å². The molecule has 4 aromatic rings. The van der Waals surface area contributed by atoms with E-state index in [0.29, 0.717) is 22.5 Å². The number of hydrogen-bond acceptors (Lipinski definition) is 6. The average Bonchev–Trinajstić information content (AvgIpc) is 3.25. The van der Waals surface area contributed by atoms with Gasteiger partial charge >= 0.3 is 0 Å². The first kappa shape index (κ1) is 19.0. The van der Waals surface area contributed by atoms with Gasteiger partial charge in [-0.25, -0.2) is 19.6 Å². The van der Waals surface area contributed by atoms with Gasteiger partial charge in [-0.3, -0.25) is 0 Å². The maximum atomic E-state index is 6.31. The maximum Gasteiger partial charge on any atom is 0.171 e. The SMILES string of the molecule is COc1cc2ncnc(-c3cn(C4CCCCO4)nc3-c3ccccc3)c2nc1Cl. The second kappa shape index (κ2) is 8.01. The Morgan fingerprint density at radius 3 is 2.77 bits per heavy atom. The minimum atomic E-state index is -0.0836. The number of hydrogen-bond donors (Lipinski definition) is 0. The van der Waals surface area contributed by atoms with Crippen LogP contribution in [-0.4, -0.2) is 38.4 Å². The van der Waals surface area contributed by atoms with Crippen molar-refractivity contribution < 1.29 is 9.47 Å². The summed E-state index contributed by atoms with van der Waals surface area (Å²) < 4.78 is 13.1. The van der Waals surface area contributed by atoms with E-state index < -0.39 is 0 Å². The standard InChI is InChI=1S/C22H20ClN5O2/c1-29-17-11-16-21(26-22(17)23)20(25-13-24-16)15-12-28(18-9-5-6-10-30-18)27-19(15)14-7-3-2-4-8-14/h2-4,7-8,11-13,18H,5-6,9-10H2,1H3. The van der Waals surface area contributed by atoms with E-state index in [2.05, 4.69) is 15.0 Å². The van der Waals surface area contributed by atoms with Crippen LogP contribution in [0.5, 0.6) is 5.75 Å². The van der Waals surface area contributed by atoms with Crippen molar-refractivity contribution in [2.45, 2.75) is 25.5 Å². The highest BCUT2D eigenvalue weighted by Crippen LogP contribution is 2.36. The Hall–Kier alpha value is -3.03. The zero-order valence-corrected chi connectivity index (χ0v) is 17.2. The van der Waals surface area contributed by atoms with E-state index in [0.717, 1.165) is 42.7 Å². The fraction of sp³-hybridized carbons (Fsp3) is 0.273. The first-order chi connectivity index (χ1) is 14.7. The van der Waals surface area contributed by atoms with Gasteiger partial charge in [0.05, 0.1) is 12.6 Å². The van der Waals surface area contributed by atoms with Crippen LogP contribution in [0.2, 0.25) is 5.15 Å². The number of rotatable bonds is 4. The molecule has 0 amide bonds. The number of ether oxygens (including phenoxy) is 2. The van der Waals surface area contributed by atoms with Crippen LogP contribution in [0.15, 0.2) is 48.9 Å². The number of nitrogens with zero attached hydrogens (tertiary/aromatic N) is 5. The summed E-state index contributed by atoms with van der Waals surface area (Å²) in [7, 11) is 1.55. The Bertz CT molecular complexity index is 1190. The predicted molar refractivity (Wildman–Crippen MR) is 114 cm³/mol. The highest BCUT2D eigenvalue weighted by molar-refractivity contribution is 6.31. The lowest BCUT2D eigenvalue weighted by Crippen LogP contribution is -2.18. The van der Waals surface area contributed by atoms with Gasteiger partial charge in [-0.05, 0) is 19.3 Å². The van der Waals surface area contributed by atoms with Gasteiger partial charge in [0.25, 0.3) is 0 Å². The molecule has 1 unspecified atom stereocenters. The van der Waals surface area contributed by atoms with Crippen molar-refractivity contribution in [1.82, 2.24) is 24.7 Å². The molecule has 1 aromatic carbocycles. The van der Waals surface area contributed by atoms with Gasteiger partial charge in [0.15, 0.2) is 10.9 Å². The van der Waals surface area contributed by atoms with Crippen molar-refractivity contribution in [2.75, 3.05) is 13.7 Å². The van der Waals surface area contributed by atoms with Crippen LogP contribution < -0.4 is 4.74 Å². The minimum Gasteiger partial charge on any atom is -0.493 e. The highest BCUT2D eigenvalue weighted by Gasteiger charge is 2.23. The predicted octanol–water partition coefficient (Wildman–Crippen LogP) is 4.92. The van der Waals surface area contributed by atoms with Crippen molar-refractivity contribution in [1.29, 1.82) is 0 Å². The summed E-state index contributed by atoms with van der Waals surface area (Å²) in [5, 5.41) is 5.16. The van der Waals surface area contributed by atoms with E-state index >= 15 is 0 Å². The van der Waals surface area contributed by atoms with E-state index in [9.17, 15) is 0 Å². The lowest BCUT2D eigenvalue weighted by Gasteiger charge is -2.22. The fourth-order valence-corrected chi connectivity index (χ4v) is 3.96. The number of aromatic nitrogens is 5. The third kappa shape index (κ3) is 3.40. The number of benzene rings is 1. The van der Waals surface area contributed by atoms with Crippen LogP contribution in [0.25, 0.3) is 33.5 Å². The monoisotopic (exact) mass is 421 g/mol. The zero-order valence-electron chi connectivity index (χ0n) is 16.5. The zero-order chi connectivity index (χ0) is 20.5. The van der Waals surface area contributed by atoms with E-state index in [1.807, 2.05) is 41.2 Å². The summed E-state index contributed by atoms with van der Waals surface area (Å²) in [4.78, 5) is 13.4. The smallest absolute Gasteiger partial charge is 0.171 e. The van der Waals surface area contributed by atoms with Gasteiger partial charge in [-0.15, -0.1) is 0 Å². The van der Waals surface area contributed by atoms with Crippen molar-refractivity contribution in [3.63, 3.8) is 0 Å². The van der Waals surface area contributed by atoms with Crippen LogP contribution >= 0.6 is 11.6 Å². The summed E-state index contributed by atoms with van der Waals surface area (Å²) in [6.07, 6.45) is 6.56. The molecule has 5 rings (SSSR count). The number of pyridine rings is 1. The molecule has 0 aliphatic carbocycles. The molecule has 0 spiro atoms. The normalized spacial score (nSPS) is 16.7. The van der Waals surface area contributed by atoms with E-state index in [-0.39, 0.29) is 11.4 Å². The van der Waals surface area contributed by atoms with Crippen molar-refractivity contribution in [2.24, 2.45) is 0 Å². The summed E-state index contributed by atoms with van der Waals surface area (Å²) in [6, 6.07) is 11.8. The third-order valence-corrected chi connectivity index (χ3v) is 5.51. The van der Waals surface area contributed by atoms with E-state index in [4.69, 9.17) is 26.2 Å². The van der Waals surface area contributed by atoms with Crippen LogP contribution in [0.1, 0.15) is 25.5 Å². The van der Waals surface area contributed by atoms with E-state index in [1.165, 1.54) is 6.33 Å². The molecule has 7 nitrogen and oxygen atoms in total. The summed E-state index contributed by atoms with van der Waals surface area (Å²) in [5.74, 6) is 0.475. The molecule has 0 N–H and O–H groups in total. The van der Waals surface area contributed by atoms with Gasteiger partial charge in [0, 0.05) is 30.0 Å². The van der Waals surface area contributed by atoms with Gasteiger partial charge < -0.3 is 9.47 Å². The minimum absolute atomic E-state index is 0.0836. The number of methoxy groups -OCH3 is 1. The highest BCUT2D eigenvalue weighted by atomic mass is 35.5. The fourth-order valence-electron chi connectivity index (χ4n) is 3.74. The molecule has 30 heavy (non-hydrogen) atoms. The molecule has 1 aliphatic heterocycles. The number of fused-ring (bicyclic) bond motifs is 1. The van der Waals surface area contributed by atoms with Crippen molar-refractivity contribution >= 4 is 22.6 Å². The molecular formula is C22H20ClN5O2. The van der Waals surface area contributed by atoms with Crippen LogP contribution in [0.4, 0.5) is 0 Å². The quantitative estimate of drug-likeness (QED) is 0.435. The van der Waals surface area contributed by atoms with Gasteiger partial charge in [-0.2, -0.15) is 5.10 Å². The molecule has 0 saturated carbocycles. The first-order valence-corrected chi connectivity index (χ1v) is 10.2. The van der Waals surface area contributed by atoms with Gasteiger partial charge in [-0.1, -0.05) is 41.9 Å². The summed E-state index contributed by atoms with van der Waals surface area (Å²) in [5.41, 5.74) is 4.60. The number of halogens is 1. The molecular weight excluding hydrogens is 402 g/mol. The molecule has 4 heterocycles. The molecule has 0 bridgehead atoms. The summed E-state index contributed by atoms with van der Waals surface area (Å²) in [6.45, 7) is 0.744. The molecule has 8 heteroatoms. The molecule has 1 atom stereocenters. The first-order valence-electron chi connectivity index (χ1n) is 9.86. The Kier molecular flexibility index (Phi) is 5.06. The largest absolute Gasteiger partial charge is 0.493 e. The second-order valence-electron chi connectivity index (χ2n) is 7.13. The Morgan fingerprint density at radius 1 is 1.13 bits per heavy atom. The van der Waals surface area contributed by atoms with Crippen molar-refractivity contribution in [3.05, 3.63) is 54.1 Å². The second-order valence-corrected chi connectivity index (χ2v) is 7.49. The molecule has 1 saturated heterocycles. The van der Waals surface area contributed by atoms with Crippen LogP contribution in [0.3, 0.4) is 0 Å². The topological polar surface area (TPSA) is 75.0 Å².